The van der Waals surface area contributed by atoms with Crippen LogP contribution in [0.3, 0.4) is 0 Å². The summed E-state index contributed by atoms with van der Waals surface area (Å²) in [4.78, 5) is 13.3. The van der Waals surface area contributed by atoms with Gasteiger partial charge in [0.1, 0.15) is 5.75 Å². The van der Waals surface area contributed by atoms with Gasteiger partial charge in [-0.05, 0) is 47.7 Å². The average Bonchev–Trinajstić information content (AvgIpc) is 2.73. The van der Waals surface area contributed by atoms with Crippen molar-refractivity contribution in [1.82, 2.24) is 0 Å². The van der Waals surface area contributed by atoms with E-state index in [2.05, 4.69) is 10.1 Å². The molecule has 3 aromatic rings. The van der Waals surface area contributed by atoms with Gasteiger partial charge in [-0.15, -0.1) is 24.9 Å². The van der Waals surface area contributed by atoms with Gasteiger partial charge in [0.05, 0.1) is 12.0 Å². The Hall–Kier alpha value is -3.14. The molecule has 0 aliphatic heterocycles. The summed E-state index contributed by atoms with van der Waals surface area (Å²) in [7, 11) is 0. The summed E-state index contributed by atoms with van der Waals surface area (Å²) in [5.41, 5.74) is -1.55. The topological polar surface area (TPSA) is 38.3 Å². The molecule has 0 unspecified atom stereocenters. The van der Waals surface area contributed by atoms with E-state index in [0.29, 0.717) is 11.6 Å². The summed E-state index contributed by atoms with van der Waals surface area (Å²) in [6.45, 7) is 0. The van der Waals surface area contributed by atoms with Crippen molar-refractivity contribution >= 4 is 23.4 Å². The number of anilines is 1. The van der Waals surface area contributed by atoms with Crippen LogP contribution >= 0.6 is 11.8 Å². The number of halogens is 6. The monoisotopic (exact) mass is 485 g/mol. The van der Waals surface area contributed by atoms with Gasteiger partial charge in [-0.2, -0.15) is 13.2 Å². The lowest BCUT2D eigenvalue weighted by Gasteiger charge is -2.18. The molecule has 0 aliphatic carbocycles. The third kappa shape index (κ3) is 6.67. The Morgan fingerprint density at radius 3 is 2.18 bits per heavy atom. The third-order valence-corrected chi connectivity index (χ3v) is 5.28. The van der Waals surface area contributed by atoms with Crippen LogP contribution in [-0.2, 0) is 17.4 Å². The largest absolute Gasteiger partial charge is 0.573 e. The van der Waals surface area contributed by atoms with E-state index in [0.717, 1.165) is 23.1 Å². The second-order valence-electron chi connectivity index (χ2n) is 6.88. The molecule has 0 heterocycles. The number of ether oxygens (including phenoxy) is 1. The SMILES string of the molecule is CSc1ccc(CC(=O)Nc2ccc(-c3ccccc3OC(F)(F)F)c(C(F)(F)F)c2)cc1. The second-order valence-corrected chi connectivity index (χ2v) is 7.75. The Balaban J connectivity index is 1.90. The molecular weight excluding hydrogens is 468 g/mol. The van der Waals surface area contributed by atoms with Crippen molar-refractivity contribution in [1.29, 1.82) is 0 Å². The number of hydrogen-bond acceptors (Lipinski definition) is 3. The lowest BCUT2D eigenvalue weighted by Crippen LogP contribution is -2.18. The molecule has 1 amide bonds. The van der Waals surface area contributed by atoms with Gasteiger partial charge in [-0.3, -0.25) is 4.79 Å². The highest BCUT2D eigenvalue weighted by Gasteiger charge is 2.36. The summed E-state index contributed by atoms with van der Waals surface area (Å²) < 4.78 is 83.3. The molecule has 3 aromatic carbocycles. The Kier molecular flexibility index (Phi) is 7.26. The first-order valence-electron chi connectivity index (χ1n) is 9.45. The zero-order valence-electron chi connectivity index (χ0n) is 17.1. The van der Waals surface area contributed by atoms with E-state index in [1.807, 2.05) is 18.4 Å². The van der Waals surface area contributed by atoms with Crippen LogP contribution in [-0.4, -0.2) is 18.5 Å². The van der Waals surface area contributed by atoms with Crippen LogP contribution in [0.15, 0.2) is 71.6 Å². The molecule has 174 valence electrons. The fourth-order valence-electron chi connectivity index (χ4n) is 3.13. The fourth-order valence-corrected chi connectivity index (χ4v) is 3.54. The number of carbonyl (C=O) groups is 1. The third-order valence-electron chi connectivity index (χ3n) is 4.54. The zero-order chi connectivity index (χ0) is 24.2. The van der Waals surface area contributed by atoms with Crippen LogP contribution < -0.4 is 10.1 Å². The van der Waals surface area contributed by atoms with Crippen LogP contribution in [0, 0.1) is 0 Å². The van der Waals surface area contributed by atoms with Crippen molar-refractivity contribution in [2.45, 2.75) is 23.9 Å². The fraction of sp³-hybridized carbons (Fsp3) is 0.174. The van der Waals surface area contributed by atoms with Crippen LogP contribution in [0.4, 0.5) is 32.0 Å². The normalized spacial score (nSPS) is 11.8. The number of alkyl halides is 6. The summed E-state index contributed by atoms with van der Waals surface area (Å²) >= 11 is 1.53. The molecule has 10 heteroatoms. The minimum atomic E-state index is -5.07. The van der Waals surface area contributed by atoms with E-state index in [1.165, 1.54) is 30.0 Å². The van der Waals surface area contributed by atoms with Gasteiger partial charge in [0.2, 0.25) is 5.91 Å². The number of benzene rings is 3. The first-order valence-corrected chi connectivity index (χ1v) is 10.7. The van der Waals surface area contributed by atoms with E-state index in [9.17, 15) is 31.1 Å². The maximum Gasteiger partial charge on any atom is 0.573 e. The van der Waals surface area contributed by atoms with Crippen LogP contribution in [0.25, 0.3) is 11.1 Å². The Bertz CT molecular complexity index is 1130. The molecule has 0 atom stereocenters. The number of para-hydroxylation sites is 1. The highest BCUT2D eigenvalue weighted by Crippen LogP contribution is 2.42. The molecule has 1 N–H and O–H groups in total. The average molecular weight is 485 g/mol. The maximum atomic E-state index is 13.8. The summed E-state index contributed by atoms with van der Waals surface area (Å²) in [5, 5.41) is 2.41. The Labute approximate surface area is 189 Å². The molecule has 0 aromatic heterocycles. The standard InChI is InChI=1S/C23H17F6NO2S/c1-33-16-9-6-14(7-10-16)12-21(31)30-15-8-11-17(19(13-15)22(24,25)26)18-4-2-3-5-20(18)32-23(27,28)29/h2-11,13H,12H2,1H3,(H,30,31). The number of thioether (sulfide) groups is 1. The lowest BCUT2D eigenvalue weighted by molar-refractivity contribution is -0.274. The minimum Gasteiger partial charge on any atom is -0.405 e. The van der Waals surface area contributed by atoms with E-state index in [4.69, 9.17) is 0 Å². The molecular formula is C23H17F6NO2S. The van der Waals surface area contributed by atoms with Crippen molar-refractivity contribution < 1.29 is 35.9 Å². The summed E-state index contributed by atoms with van der Waals surface area (Å²) in [6, 6.07) is 14.6. The Morgan fingerprint density at radius 2 is 1.58 bits per heavy atom. The smallest absolute Gasteiger partial charge is 0.405 e. The number of rotatable bonds is 6. The molecule has 0 bridgehead atoms. The quantitative estimate of drug-likeness (QED) is 0.297. The first-order chi connectivity index (χ1) is 15.5. The molecule has 33 heavy (non-hydrogen) atoms. The number of amides is 1. The van der Waals surface area contributed by atoms with E-state index < -0.39 is 35.3 Å². The molecule has 0 saturated heterocycles. The molecule has 3 nitrogen and oxygen atoms in total. The predicted molar refractivity (Wildman–Crippen MR) is 114 cm³/mol. The van der Waals surface area contributed by atoms with Gasteiger partial charge in [-0.1, -0.05) is 36.4 Å². The second kappa shape index (κ2) is 9.78. The summed E-state index contributed by atoms with van der Waals surface area (Å²) in [5.74, 6) is -1.30. The summed E-state index contributed by atoms with van der Waals surface area (Å²) in [6.07, 6.45) is -8.12. The van der Waals surface area contributed by atoms with Gasteiger partial charge < -0.3 is 10.1 Å². The molecule has 0 fully saturated rings. The van der Waals surface area contributed by atoms with E-state index in [-0.39, 0.29) is 17.7 Å². The first kappa shape index (κ1) is 24.5. The van der Waals surface area contributed by atoms with Crippen molar-refractivity contribution in [2.75, 3.05) is 11.6 Å². The van der Waals surface area contributed by atoms with Gasteiger partial charge >= 0.3 is 12.5 Å². The number of nitrogens with one attached hydrogen (secondary N) is 1. The predicted octanol–water partition coefficient (Wildman–Crippen LogP) is 7.17. The van der Waals surface area contributed by atoms with Crippen LogP contribution in [0.1, 0.15) is 11.1 Å². The van der Waals surface area contributed by atoms with Gasteiger partial charge in [0.15, 0.2) is 0 Å². The van der Waals surface area contributed by atoms with Crippen molar-refractivity contribution in [3.63, 3.8) is 0 Å². The van der Waals surface area contributed by atoms with Gasteiger partial charge in [0.25, 0.3) is 0 Å². The van der Waals surface area contributed by atoms with Crippen molar-refractivity contribution in [2.24, 2.45) is 0 Å². The van der Waals surface area contributed by atoms with Crippen molar-refractivity contribution in [3.8, 4) is 16.9 Å². The maximum absolute atomic E-state index is 13.8. The van der Waals surface area contributed by atoms with E-state index >= 15 is 0 Å². The number of carbonyl (C=O) groups excluding carboxylic acids is 1. The highest BCUT2D eigenvalue weighted by molar-refractivity contribution is 7.98. The molecule has 3 rings (SSSR count). The van der Waals surface area contributed by atoms with E-state index in [1.54, 1.807) is 12.1 Å². The Morgan fingerprint density at radius 1 is 0.909 bits per heavy atom. The molecule has 0 spiro atoms. The van der Waals surface area contributed by atoms with Crippen LogP contribution in [0.2, 0.25) is 0 Å². The lowest BCUT2D eigenvalue weighted by atomic mass is 9.97. The number of hydrogen-bond donors (Lipinski definition) is 1. The highest BCUT2D eigenvalue weighted by atomic mass is 32.2. The van der Waals surface area contributed by atoms with Gasteiger partial charge in [-0.25, -0.2) is 0 Å². The van der Waals surface area contributed by atoms with Crippen molar-refractivity contribution in [3.05, 3.63) is 77.9 Å². The minimum absolute atomic E-state index is 0.0555. The molecule has 0 radical (unpaired) electrons. The molecule has 0 saturated carbocycles. The molecule has 0 aliphatic rings. The van der Waals surface area contributed by atoms with Gasteiger partial charge in [0, 0.05) is 16.1 Å². The van der Waals surface area contributed by atoms with Crippen LogP contribution in [0.5, 0.6) is 5.75 Å². The zero-order valence-corrected chi connectivity index (χ0v) is 17.9.